The number of carbonyl (C=O) groups is 1. The lowest BCUT2D eigenvalue weighted by molar-refractivity contribution is -0.140. The number of carbonyl (C=O) groups excluding carboxylic acids is 1. The fourth-order valence-corrected chi connectivity index (χ4v) is 1.91. The van der Waals surface area contributed by atoms with Crippen molar-refractivity contribution in [2.45, 2.75) is 32.9 Å². The van der Waals surface area contributed by atoms with Crippen LogP contribution in [0.25, 0.3) is 0 Å². The highest BCUT2D eigenvalue weighted by Crippen LogP contribution is 2.08. The third-order valence-electron chi connectivity index (χ3n) is 3.16. The molecule has 1 fully saturated rings. The van der Waals surface area contributed by atoms with Crippen LogP contribution in [0.5, 0.6) is 0 Å². The van der Waals surface area contributed by atoms with E-state index in [-0.39, 0.29) is 18.6 Å². The highest BCUT2D eigenvalue weighted by molar-refractivity contribution is 5.78. The van der Waals surface area contributed by atoms with Crippen molar-refractivity contribution in [2.75, 3.05) is 39.5 Å². The molecular formula is C12H24N2O3. The SMILES string of the molecule is CCOCCOCC(=O)N1CCNC(C)C1C. The molecule has 0 aliphatic carbocycles. The van der Waals surface area contributed by atoms with Gasteiger partial charge in [0.1, 0.15) is 6.61 Å². The first-order valence-corrected chi connectivity index (χ1v) is 6.35. The Morgan fingerprint density at radius 2 is 2.06 bits per heavy atom. The molecule has 100 valence electrons. The Morgan fingerprint density at radius 1 is 1.35 bits per heavy atom. The summed E-state index contributed by atoms with van der Waals surface area (Å²) in [7, 11) is 0. The van der Waals surface area contributed by atoms with Crippen LogP contribution >= 0.6 is 0 Å². The summed E-state index contributed by atoms with van der Waals surface area (Å²) >= 11 is 0. The van der Waals surface area contributed by atoms with Gasteiger partial charge in [-0.1, -0.05) is 0 Å². The zero-order valence-corrected chi connectivity index (χ0v) is 11.1. The Labute approximate surface area is 103 Å². The first-order valence-electron chi connectivity index (χ1n) is 6.35. The summed E-state index contributed by atoms with van der Waals surface area (Å²) in [6, 6.07) is 0.572. The van der Waals surface area contributed by atoms with Crippen molar-refractivity contribution >= 4 is 5.91 Å². The van der Waals surface area contributed by atoms with Gasteiger partial charge in [0.25, 0.3) is 0 Å². The molecule has 1 saturated heterocycles. The van der Waals surface area contributed by atoms with Crippen molar-refractivity contribution < 1.29 is 14.3 Å². The summed E-state index contributed by atoms with van der Waals surface area (Å²) < 4.78 is 10.4. The first-order chi connectivity index (χ1) is 8.16. The third kappa shape index (κ3) is 4.61. The van der Waals surface area contributed by atoms with Crippen LogP contribution in [0.2, 0.25) is 0 Å². The predicted octanol–water partition coefficient (Wildman–Crippen LogP) is 0.248. The molecule has 17 heavy (non-hydrogen) atoms. The van der Waals surface area contributed by atoms with Crippen LogP contribution in [-0.2, 0) is 14.3 Å². The van der Waals surface area contributed by atoms with Crippen LogP contribution in [0.3, 0.4) is 0 Å². The van der Waals surface area contributed by atoms with Crippen molar-refractivity contribution in [3.8, 4) is 0 Å². The van der Waals surface area contributed by atoms with E-state index in [9.17, 15) is 4.79 Å². The molecule has 5 heteroatoms. The van der Waals surface area contributed by atoms with Crippen LogP contribution in [0, 0.1) is 0 Å². The van der Waals surface area contributed by atoms with Gasteiger partial charge in [0.2, 0.25) is 5.91 Å². The number of piperazine rings is 1. The smallest absolute Gasteiger partial charge is 0.248 e. The van der Waals surface area contributed by atoms with Gasteiger partial charge in [-0.05, 0) is 20.8 Å². The van der Waals surface area contributed by atoms with E-state index < -0.39 is 0 Å². The Morgan fingerprint density at radius 3 is 2.76 bits per heavy atom. The molecule has 0 bridgehead atoms. The summed E-state index contributed by atoms with van der Waals surface area (Å²) in [6.07, 6.45) is 0. The maximum Gasteiger partial charge on any atom is 0.248 e. The normalized spacial score (nSPS) is 25.0. The average molecular weight is 244 g/mol. The molecule has 1 rings (SSSR count). The molecule has 0 aromatic heterocycles. The van der Waals surface area contributed by atoms with Gasteiger partial charge in [0.15, 0.2) is 0 Å². The molecule has 1 aliphatic heterocycles. The quantitative estimate of drug-likeness (QED) is 0.680. The van der Waals surface area contributed by atoms with Gasteiger partial charge in [-0.25, -0.2) is 0 Å². The van der Waals surface area contributed by atoms with Crippen LogP contribution < -0.4 is 5.32 Å². The summed E-state index contributed by atoms with van der Waals surface area (Å²) in [5.74, 6) is 0.0716. The van der Waals surface area contributed by atoms with Crippen molar-refractivity contribution in [1.82, 2.24) is 10.2 Å². The number of amides is 1. The zero-order valence-electron chi connectivity index (χ0n) is 11.1. The van der Waals surface area contributed by atoms with Gasteiger partial charge >= 0.3 is 0 Å². The topological polar surface area (TPSA) is 50.8 Å². The molecular weight excluding hydrogens is 220 g/mol. The Balaban J connectivity index is 2.22. The van der Waals surface area contributed by atoms with Gasteiger partial charge < -0.3 is 19.7 Å². The van der Waals surface area contributed by atoms with E-state index in [1.54, 1.807) is 0 Å². The summed E-state index contributed by atoms with van der Waals surface area (Å²) in [5, 5.41) is 3.35. The number of ether oxygens (including phenoxy) is 2. The monoisotopic (exact) mass is 244 g/mol. The third-order valence-corrected chi connectivity index (χ3v) is 3.16. The van der Waals surface area contributed by atoms with Crippen LogP contribution in [0.1, 0.15) is 20.8 Å². The number of nitrogens with one attached hydrogen (secondary N) is 1. The van der Waals surface area contributed by atoms with Crippen molar-refractivity contribution in [3.63, 3.8) is 0 Å². The van der Waals surface area contributed by atoms with Crippen molar-refractivity contribution in [1.29, 1.82) is 0 Å². The van der Waals surface area contributed by atoms with E-state index in [1.807, 2.05) is 11.8 Å². The standard InChI is InChI=1S/C12H24N2O3/c1-4-16-7-8-17-9-12(15)14-6-5-13-10(2)11(14)3/h10-11,13H,4-9H2,1-3H3. The van der Waals surface area contributed by atoms with E-state index in [0.29, 0.717) is 25.9 Å². The molecule has 0 radical (unpaired) electrons. The fraction of sp³-hybridized carbons (Fsp3) is 0.917. The lowest BCUT2D eigenvalue weighted by Gasteiger charge is -2.38. The summed E-state index contributed by atoms with van der Waals surface area (Å²) in [5.41, 5.74) is 0. The number of hydrogen-bond donors (Lipinski definition) is 1. The second-order valence-electron chi connectivity index (χ2n) is 4.32. The van der Waals surface area contributed by atoms with Gasteiger partial charge in [-0.3, -0.25) is 4.79 Å². The van der Waals surface area contributed by atoms with E-state index in [4.69, 9.17) is 9.47 Å². The maximum atomic E-state index is 11.9. The molecule has 0 saturated carbocycles. The van der Waals surface area contributed by atoms with E-state index >= 15 is 0 Å². The minimum Gasteiger partial charge on any atom is -0.379 e. The molecule has 0 aromatic carbocycles. The molecule has 5 nitrogen and oxygen atoms in total. The molecule has 1 heterocycles. The number of rotatable bonds is 6. The zero-order chi connectivity index (χ0) is 12.7. The number of nitrogens with zero attached hydrogens (tertiary/aromatic N) is 1. The highest BCUT2D eigenvalue weighted by atomic mass is 16.5. The Bertz CT molecular complexity index is 236. The molecule has 1 aliphatic rings. The summed E-state index contributed by atoms with van der Waals surface area (Å²) in [4.78, 5) is 13.8. The minimum absolute atomic E-state index is 0.0716. The molecule has 0 aromatic rings. The van der Waals surface area contributed by atoms with E-state index in [0.717, 1.165) is 13.1 Å². The van der Waals surface area contributed by atoms with Crippen LogP contribution in [-0.4, -0.2) is 62.4 Å². The van der Waals surface area contributed by atoms with E-state index in [2.05, 4.69) is 19.2 Å². The predicted molar refractivity (Wildman–Crippen MR) is 66.0 cm³/mol. The second kappa shape index (κ2) is 7.63. The molecule has 2 unspecified atom stereocenters. The number of hydrogen-bond acceptors (Lipinski definition) is 4. The molecule has 0 spiro atoms. The summed E-state index contributed by atoms with van der Waals surface area (Å²) in [6.45, 7) is 9.60. The molecule has 2 atom stereocenters. The van der Waals surface area contributed by atoms with Gasteiger partial charge in [-0.2, -0.15) is 0 Å². The van der Waals surface area contributed by atoms with Gasteiger partial charge in [0.05, 0.1) is 13.2 Å². The largest absolute Gasteiger partial charge is 0.379 e. The maximum absolute atomic E-state index is 11.9. The second-order valence-corrected chi connectivity index (χ2v) is 4.32. The minimum atomic E-state index is 0.0716. The first kappa shape index (κ1) is 14.4. The van der Waals surface area contributed by atoms with Gasteiger partial charge in [0, 0.05) is 31.8 Å². The van der Waals surface area contributed by atoms with Gasteiger partial charge in [-0.15, -0.1) is 0 Å². The van der Waals surface area contributed by atoms with Crippen molar-refractivity contribution in [2.24, 2.45) is 0 Å². The van der Waals surface area contributed by atoms with Crippen LogP contribution in [0.4, 0.5) is 0 Å². The lowest BCUT2D eigenvalue weighted by atomic mass is 10.1. The average Bonchev–Trinajstić information content (AvgIpc) is 2.32. The molecule has 1 N–H and O–H groups in total. The van der Waals surface area contributed by atoms with Crippen molar-refractivity contribution in [3.05, 3.63) is 0 Å². The van der Waals surface area contributed by atoms with Crippen LogP contribution in [0.15, 0.2) is 0 Å². The highest BCUT2D eigenvalue weighted by Gasteiger charge is 2.27. The molecule has 1 amide bonds. The lowest BCUT2D eigenvalue weighted by Crippen LogP contribution is -2.57. The fourth-order valence-electron chi connectivity index (χ4n) is 1.91. The Kier molecular flexibility index (Phi) is 6.47. The van der Waals surface area contributed by atoms with E-state index in [1.165, 1.54) is 0 Å². The Hall–Kier alpha value is -0.650.